The van der Waals surface area contributed by atoms with Crippen molar-refractivity contribution >= 4 is 11.9 Å². The third-order valence-corrected chi connectivity index (χ3v) is 3.98. The molecule has 0 heterocycles. The van der Waals surface area contributed by atoms with Crippen LogP contribution in [-0.4, -0.2) is 30.7 Å². The Hall–Kier alpha value is -3.09. The highest BCUT2D eigenvalue weighted by molar-refractivity contribution is 5.85. The minimum atomic E-state index is -1.40. The summed E-state index contributed by atoms with van der Waals surface area (Å²) in [4.78, 5) is 23.5. The van der Waals surface area contributed by atoms with E-state index in [-0.39, 0.29) is 17.9 Å². The number of carbonyl (C=O) groups is 2. The maximum atomic E-state index is 13.8. The van der Waals surface area contributed by atoms with Crippen molar-refractivity contribution in [2.24, 2.45) is 0 Å². The van der Waals surface area contributed by atoms with Gasteiger partial charge in [-0.1, -0.05) is 32.0 Å². The number of carboxylic acid groups (broad SMARTS) is 1. The van der Waals surface area contributed by atoms with E-state index in [0.29, 0.717) is 11.7 Å². The summed E-state index contributed by atoms with van der Waals surface area (Å²) < 4.78 is 24.0. The Morgan fingerprint density at radius 2 is 1.74 bits per heavy atom. The van der Waals surface area contributed by atoms with Gasteiger partial charge in [-0.15, -0.1) is 0 Å². The van der Waals surface area contributed by atoms with Gasteiger partial charge in [0.1, 0.15) is 5.75 Å². The first-order valence-corrected chi connectivity index (χ1v) is 8.40. The second kappa shape index (κ2) is 9.02. The number of hydrogen-bond donors (Lipinski definition) is 2. The number of hydrogen-bond acceptors (Lipinski definition) is 4. The van der Waals surface area contributed by atoms with Crippen LogP contribution in [0.2, 0.25) is 0 Å². The van der Waals surface area contributed by atoms with Crippen LogP contribution < -0.4 is 14.8 Å². The van der Waals surface area contributed by atoms with Gasteiger partial charge in [-0.25, -0.2) is 9.18 Å². The van der Waals surface area contributed by atoms with Gasteiger partial charge in [-0.05, 0) is 41.3 Å². The zero-order valence-electron chi connectivity index (χ0n) is 15.4. The third-order valence-electron chi connectivity index (χ3n) is 3.98. The molecule has 7 heteroatoms. The van der Waals surface area contributed by atoms with E-state index in [4.69, 9.17) is 9.47 Å². The van der Waals surface area contributed by atoms with Crippen LogP contribution in [0.5, 0.6) is 11.5 Å². The molecular weight excluding hydrogens is 353 g/mol. The smallest absolute Gasteiger partial charge is 0.330 e. The molecule has 2 aromatic carbocycles. The van der Waals surface area contributed by atoms with Crippen LogP contribution in [-0.2, 0) is 9.59 Å². The third kappa shape index (κ3) is 5.44. The summed E-state index contributed by atoms with van der Waals surface area (Å²) in [5, 5.41) is 11.7. The lowest BCUT2D eigenvalue weighted by Gasteiger charge is -2.16. The highest BCUT2D eigenvalue weighted by Gasteiger charge is 2.23. The van der Waals surface area contributed by atoms with Gasteiger partial charge in [-0.3, -0.25) is 4.79 Å². The number of amides is 1. The first kappa shape index (κ1) is 20.2. The first-order chi connectivity index (χ1) is 12.8. The van der Waals surface area contributed by atoms with E-state index in [1.54, 1.807) is 12.1 Å². The van der Waals surface area contributed by atoms with E-state index in [0.717, 1.165) is 11.6 Å². The van der Waals surface area contributed by atoms with E-state index in [1.807, 2.05) is 12.1 Å². The Bertz CT molecular complexity index is 805. The molecule has 1 amide bonds. The largest absolute Gasteiger partial charge is 0.494 e. The number of benzene rings is 2. The van der Waals surface area contributed by atoms with Crippen molar-refractivity contribution in [2.75, 3.05) is 13.7 Å². The van der Waals surface area contributed by atoms with Gasteiger partial charge in [0.25, 0.3) is 5.91 Å². The molecule has 1 unspecified atom stereocenters. The van der Waals surface area contributed by atoms with Crippen molar-refractivity contribution in [2.45, 2.75) is 25.8 Å². The molecule has 1 atom stereocenters. The molecule has 0 aromatic heterocycles. The van der Waals surface area contributed by atoms with Crippen LogP contribution in [0.25, 0.3) is 0 Å². The maximum Gasteiger partial charge on any atom is 0.330 e. The molecule has 0 saturated heterocycles. The van der Waals surface area contributed by atoms with Gasteiger partial charge in [-0.2, -0.15) is 0 Å². The van der Waals surface area contributed by atoms with Crippen LogP contribution in [0.15, 0.2) is 42.5 Å². The van der Waals surface area contributed by atoms with Gasteiger partial charge in [0.05, 0.1) is 7.11 Å². The van der Waals surface area contributed by atoms with Crippen molar-refractivity contribution < 1.29 is 28.6 Å². The summed E-state index contributed by atoms with van der Waals surface area (Å²) in [5.41, 5.74) is 1.23. The van der Waals surface area contributed by atoms with Crippen molar-refractivity contribution in [1.82, 2.24) is 5.32 Å². The maximum absolute atomic E-state index is 13.8. The number of rotatable bonds is 8. The molecule has 0 saturated carbocycles. The standard InChI is InChI=1S/C20H22FNO5/c1-12(2)13-4-7-15(8-5-13)27-11-18(23)22-19(20(24)25)14-6-9-17(26-3)16(21)10-14/h4-10,12,19H,11H2,1-3H3,(H,22,23)(H,24,25). The second-order valence-electron chi connectivity index (χ2n) is 6.25. The van der Waals surface area contributed by atoms with Gasteiger partial charge in [0.2, 0.25) is 0 Å². The van der Waals surface area contributed by atoms with Crippen LogP contribution in [0, 0.1) is 5.82 Å². The first-order valence-electron chi connectivity index (χ1n) is 8.40. The van der Waals surface area contributed by atoms with Crippen molar-refractivity contribution in [3.8, 4) is 11.5 Å². The fraction of sp³-hybridized carbons (Fsp3) is 0.300. The number of carbonyl (C=O) groups excluding carboxylic acids is 1. The minimum Gasteiger partial charge on any atom is -0.494 e. The summed E-state index contributed by atoms with van der Waals surface area (Å²) in [6.45, 7) is 3.78. The van der Waals surface area contributed by atoms with Gasteiger partial charge >= 0.3 is 5.97 Å². The second-order valence-corrected chi connectivity index (χ2v) is 6.25. The molecule has 144 valence electrons. The lowest BCUT2D eigenvalue weighted by atomic mass is 10.0. The molecular formula is C20H22FNO5. The number of aliphatic carboxylic acids is 1. The normalized spacial score (nSPS) is 11.7. The number of carboxylic acids is 1. The van der Waals surface area contributed by atoms with E-state index in [2.05, 4.69) is 19.2 Å². The molecule has 27 heavy (non-hydrogen) atoms. The lowest BCUT2D eigenvalue weighted by Crippen LogP contribution is -2.36. The van der Waals surface area contributed by atoms with Crippen LogP contribution >= 0.6 is 0 Å². The average molecular weight is 375 g/mol. The number of methoxy groups -OCH3 is 1. The Morgan fingerprint density at radius 1 is 1.11 bits per heavy atom. The SMILES string of the molecule is COc1ccc(C(NC(=O)COc2ccc(C(C)C)cc2)C(=O)O)cc1F. The Balaban J connectivity index is 2.00. The Morgan fingerprint density at radius 3 is 2.26 bits per heavy atom. The van der Waals surface area contributed by atoms with E-state index in [9.17, 15) is 19.1 Å². The predicted molar refractivity (Wildman–Crippen MR) is 97.5 cm³/mol. The number of nitrogens with one attached hydrogen (secondary N) is 1. The van der Waals surface area contributed by atoms with Crippen molar-refractivity contribution in [1.29, 1.82) is 0 Å². The number of ether oxygens (including phenoxy) is 2. The molecule has 2 rings (SSSR count). The summed E-state index contributed by atoms with van der Waals surface area (Å²) in [6.07, 6.45) is 0. The summed E-state index contributed by atoms with van der Waals surface area (Å²) >= 11 is 0. The zero-order chi connectivity index (χ0) is 20.0. The fourth-order valence-corrected chi connectivity index (χ4v) is 2.45. The molecule has 0 radical (unpaired) electrons. The van der Waals surface area contributed by atoms with Gasteiger partial charge in [0.15, 0.2) is 24.2 Å². The molecule has 0 fully saturated rings. The Kier molecular flexibility index (Phi) is 6.76. The van der Waals surface area contributed by atoms with Gasteiger partial charge in [0, 0.05) is 0 Å². The highest BCUT2D eigenvalue weighted by atomic mass is 19.1. The quantitative estimate of drug-likeness (QED) is 0.740. The van der Waals surface area contributed by atoms with Crippen LogP contribution in [0.3, 0.4) is 0 Å². The molecule has 0 bridgehead atoms. The molecule has 2 aromatic rings. The molecule has 0 aliphatic carbocycles. The monoisotopic (exact) mass is 375 g/mol. The lowest BCUT2D eigenvalue weighted by molar-refractivity contribution is -0.142. The van der Waals surface area contributed by atoms with Crippen molar-refractivity contribution in [3.05, 3.63) is 59.4 Å². The summed E-state index contributed by atoms with van der Waals surface area (Å²) in [6, 6.07) is 9.60. The summed E-state index contributed by atoms with van der Waals surface area (Å²) in [7, 11) is 1.31. The summed E-state index contributed by atoms with van der Waals surface area (Å²) in [5.74, 6) is -1.79. The average Bonchev–Trinajstić information content (AvgIpc) is 2.64. The molecule has 6 nitrogen and oxygen atoms in total. The Labute approximate surface area is 156 Å². The molecule has 0 aliphatic rings. The minimum absolute atomic E-state index is 0.0117. The molecule has 0 spiro atoms. The van der Waals surface area contributed by atoms with Crippen LogP contribution in [0.1, 0.15) is 36.9 Å². The van der Waals surface area contributed by atoms with E-state index < -0.39 is 23.7 Å². The topological polar surface area (TPSA) is 84.9 Å². The van der Waals surface area contributed by atoms with E-state index >= 15 is 0 Å². The number of halogens is 1. The highest BCUT2D eigenvalue weighted by Crippen LogP contribution is 2.22. The zero-order valence-corrected chi connectivity index (χ0v) is 15.4. The van der Waals surface area contributed by atoms with Crippen molar-refractivity contribution in [3.63, 3.8) is 0 Å². The van der Waals surface area contributed by atoms with Crippen LogP contribution in [0.4, 0.5) is 4.39 Å². The van der Waals surface area contributed by atoms with Gasteiger partial charge < -0.3 is 19.9 Å². The van der Waals surface area contributed by atoms with E-state index in [1.165, 1.54) is 19.2 Å². The molecule has 0 aliphatic heterocycles. The molecule has 2 N–H and O–H groups in total. The fourth-order valence-electron chi connectivity index (χ4n) is 2.45. The predicted octanol–water partition coefficient (Wildman–Crippen LogP) is 3.28.